The number of aromatic amines is 3. The van der Waals surface area contributed by atoms with Crippen LogP contribution in [0.5, 0.6) is 0 Å². The number of phosphoric acid groups is 6. The second-order valence-electron chi connectivity index (χ2n) is 33.0. The minimum atomic E-state index is -5.13. The Hall–Kier alpha value is -9.72. The SMILES string of the molecule is Cc1nc2c(ncn2C2OC3COP(=O)(O)OC4C(COP(=O)(O)OC2C3(C)O)OC(n2cnc3c(N)ncnc32)C4O)c(=O)[nH]1.Cc1nc2c(ncn2C2OC3COP(=O)(O)OC4C(COP(=O)(O)OC2C3O)OC(n2cnc3c(N)ncnc32)C4(C)O)c(=O)[nH]1.Cc1nc2c(ncn2C2OC3COP(=O)(O)OC4C(O)C(n5cnc6c(N)ncnc65)OC4(C)COP(=O)(O)OC2C3O)c(=O)[nH]1. The number of aliphatic hydroxyl groups is 6. The Morgan fingerprint density at radius 1 is 0.355 bits per heavy atom. The molecular formula is C66H81N27O39P6. The smallest absolute Gasteiger partial charge is 0.387 e. The third kappa shape index (κ3) is 18.0. The van der Waals surface area contributed by atoms with E-state index in [0.29, 0.717) is 0 Å². The maximum atomic E-state index is 13.3. The van der Waals surface area contributed by atoms with Crippen molar-refractivity contribution in [1.29, 1.82) is 0 Å². The van der Waals surface area contributed by atoms with E-state index in [4.69, 9.17) is 99.9 Å². The summed E-state index contributed by atoms with van der Waals surface area (Å²) in [4.78, 5) is 170. The molecule has 12 aromatic rings. The predicted octanol–water partition coefficient (Wildman–Crippen LogP) is -3.68. The Kier molecular flexibility index (Phi) is 24.9. The maximum absolute atomic E-state index is 13.3. The Bertz CT molecular complexity index is 7250. The highest BCUT2D eigenvalue weighted by atomic mass is 31.2. The summed E-state index contributed by atoms with van der Waals surface area (Å²) < 4.78 is 186. The van der Waals surface area contributed by atoms with E-state index < -0.39 is 249 Å². The first-order chi connectivity index (χ1) is 65.0. The van der Waals surface area contributed by atoms with Crippen molar-refractivity contribution in [2.45, 2.75) is 187 Å². The van der Waals surface area contributed by atoms with Crippen LogP contribution >= 0.6 is 46.9 Å². The van der Waals surface area contributed by atoms with Crippen LogP contribution in [-0.2, 0) is 110 Å². The number of rotatable bonds is 6. The number of nitrogens with two attached hydrogens (primary N) is 3. The number of imidazole rings is 6. The zero-order valence-electron chi connectivity index (χ0n) is 71.3. The van der Waals surface area contributed by atoms with Crippen molar-refractivity contribution in [1.82, 2.24) is 117 Å². The van der Waals surface area contributed by atoms with Crippen molar-refractivity contribution in [3.63, 3.8) is 0 Å². The van der Waals surface area contributed by atoms with Crippen LogP contribution in [-0.4, -0.2) is 325 Å². The summed E-state index contributed by atoms with van der Waals surface area (Å²) in [5.74, 6) is 0.753. The maximum Gasteiger partial charge on any atom is 0.472 e. The van der Waals surface area contributed by atoms with Gasteiger partial charge >= 0.3 is 46.9 Å². The van der Waals surface area contributed by atoms with Crippen molar-refractivity contribution >= 4 is 131 Å². The van der Waals surface area contributed by atoms with E-state index in [1.807, 2.05) is 0 Å². The van der Waals surface area contributed by atoms with E-state index in [1.54, 1.807) is 0 Å². The minimum absolute atomic E-state index is 0.00545. The molecule has 9 saturated heterocycles. The summed E-state index contributed by atoms with van der Waals surface area (Å²) in [6.45, 7) is 3.30. The zero-order valence-corrected chi connectivity index (χ0v) is 76.6. The van der Waals surface area contributed by atoms with Crippen LogP contribution in [0.25, 0.3) is 67.0 Å². The molecule has 0 amide bonds. The number of aliphatic hydroxyl groups excluding tert-OH is 4. The number of ether oxygens (including phenoxy) is 6. The number of anilines is 3. The largest absolute Gasteiger partial charge is 0.472 e. The van der Waals surface area contributed by atoms with Crippen molar-refractivity contribution < 1.29 is 170 Å². The molecule has 66 nitrogen and oxygen atoms in total. The third-order valence-corrected chi connectivity index (χ3v) is 29.3. The van der Waals surface area contributed by atoms with E-state index in [1.165, 1.54) is 87.9 Å². The number of hydrogen-bond donors (Lipinski definition) is 18. The number of phosphoric ester groups is 6. The Balaban J connectivity index is 0.000000132. The van der Waals surface area contributed by atoms with Gasteiger partial charge in [0.2, 0.25) is 0 Å². The molecule has 9 fully saturated rings. The zero-order chi connectivity index (χ0) is 98.3. The molecule has 21 heterocycles. The average Bonchev–Trinajstić information content (AvgIpc) is 1.55. The van der Waals surface area contributed by atoms with Gasteiger partial charge in [0.25, 0.3) is 16.7 Å². The first-order valence-electron chi connectivity index (χ1n) is 40.6. The van der Waals surface area contributed by atoms with Gasteiger partial charge in [0.15, 0.2) is 105 Å². The highest BCUT2D eigenvalue weighted by Crippen LogP contribution is 2.61. The molecule has 0 aromatic carbocycles. The highest BCUT2D eigenvalue weighted by Gasteiger charge is 2.64. The first-order valence-corrected chi connectivity index (χ1v) is 49.6. The van der Waals surface area contributed by atoms with Crippen LogP contribution in [0.15, 0.2) is 71.3 Å². The van der Waals surface area contributed by atoms with Gasteiger partial charge < -0.3 is 121 Å². The van der Waals surface area contributed by atoms with Gasteiger partial charge in [-0.2, -0.15) is 0 Å². The fourth-order valence-corrected chi connectivity index (χ4v) is 22.9. The normalized spacial score (nSPS) is 38.8. The summed E-state index contributed by atoms with van der Waals surface area (Å²) in [7, 11) is -30.6. The molecule has 9 aliphatic heterocycles. The molecule has 0 radical (unpaired) electrons. The van der Waals surface area contributed by atoms with Gasteiger partial charge in [0.1, 0.15) is 161 Å². The van der Waals surface area contributed by atoms with Crippen molar-refractivity contribution in [2.24, 2.45) is 0 Å². The van der Waals surface area contributed by atoms with E-state index >= 15 is 0 Å². The van der Waals surface area contributed by atoms with Gasteiger partial charge in [-0.1, -0.05) is 0 Å². The minimum Gasteiger partial charge on any atom is -0.387 e. The second kappa shape index (κ2) is 35.5. The molecular weight excluding hydrogens is 1980 g/mol. The van der Waals surface area contributed by atoms with Crippen molar-refractivity contribution in [3.05, 3.63) is 105 Å². The fraction of sp³-hybridized carbons (Fsp3) is 0.545. The molecule has 0 spiro atoms. The number of aromatic nitrogens is 24. The van der Waals surface area contributed by atoms with Crippen LogP contribution in [0.1, 0.15) is 75.6 Å². The molecule has 0 aliphatic carbocycles. The van der Waals surface area contributed by atoms with Crippen LogP contribution in [0.2, 0.25) is 0 Å². The molecule has 0 saturated carbocycles. The first kappa shape index (κ1) is 97.1. The van der Waals surface area contributed by atoms with Gasteiger partial charge in [-0.15, -0.1) is 0 Å². The molecule has 30 unspecified atom stereocenters. The molecule has 72 heteroatoms. The van der Waals surface area contributed by atoms with Gasteiger partial charge in [0.05, 0.1) is 77.6 Å². The summed E-state index contributed by atoms with van der Waals surface area (Å²) >= 11 is 0. The van der Waals surface area contributed by atoms with Gasteiger partial charge in [0, 0.05) is 0 Å². The van der Waals surface area contributed by atoms with Gasteiger partial charge in [-0.05, 0) is 41.5 Å². The molecule has 6 bridgehead atoms. The number of hydrogen-bond acceptors (Lipinski definition) is 51. The molecule has 138 heavy (non-hydrogen) atoms. The van der Waals surface area contributed by atoms with Crippen LogP contribution in [0.4, 0.5) is 17.5 Å². The lowest BCUT2D eigenvalue weighted by molar-refractivity contribution is -0.117. The summed E-state index contributed by atoms with van der Waals surface area (Å²) in [6, 6.07) is 0. The Labute approximate surface area is 765 Å². The van der Waals surface area contributed by atoms with E-state index in [9.17, 15) is 102 Å². The van der Waals surface area contributed by atoms with E-state index in [-0.39, 0.29) is 102 Å². The number of fused-ring (bicyclic) bond motifs is 15. The molecule has 30 atom stereocenters. The quantitative estimate of drug-likeness (QED) is 0.0713. The van der Waals surface area contributed by atoms with Gasteiger partial charge in [-0.25, -0.2) is 102 Å². The fourth-order valence-electron chi connectivity index (χ4n) is 16.9. The molecule has 21 rings (SSSR count). The van der Waals surface area contributed by atoms with Crippen LogP contribution < -0.4 is 33.9 Å². The van der Waals surface area contributed by atoms with E-state index in [2.05, 4.69) is 89.7 Å². The lowest BCUT2D eigenvalue weighted by atomic mass is 9.95. The predicted molar refractivity (Wildman–Crippen MR) is 445 cm³/mol. The van der Waals surface area contributed by atoms with Crippen molar-refractivity contribution in [3.8, 4) is 0 Å². The molecule has 12 aromatic heterocycles. The lowest BCUT2D eigenvalue weighted by Crippen LogP contribution is -2.47. The molecule has 744 valence electrons. The van der Waals surface area contributed by atoms with Crippen LogP contribution in [0.3, 0.4) is 0 Å². The third-order valence-electron chi connectivity index (χ3n) is 23.5. The Morgan fingerprint density at radius 3 is 1.16 bits per heavy atom. The lowest BCUT2D eigenvalue weighted by Gasteiger charge is -2.32. The van der Waals surface area contributed by atoms with Crippen molar-refractivity contribution in [2.75, 3.05) is 56.8 Å². The topological polar surface area (TPSA) is 911 Å². The number of nitrogens with zero attached hydrogens (tertiary/aromatic N) is 21. The summed E-state index contributed by atoms with van der Waals surface area (Å²) in [5, 5.41) is 67.7. The summed E-state index contributed by atoms with van der Waals surface area (Å²) in [6.07, 6.45) is -22.4. The standard InChI is InChI=1S/3C22H27N9O13P2/c1-8-28-18-11(19(34)29-8)27-7-31(18)21-14-12(32)9(41-21)3-39-45(35,36)44-15-13(33)20(42-22(15,2)4-40-46(37,38)43-14)30-6-26-10-16(23)24-5-25-17(10)30;1-8-28-18-12(19(33)29-8)27-7-31(18)21-15-22(2,34)10(42-21)4-40-45(35,36)43-14-9(3-39-46(37,38)44-15)41-20(13(14)32)30-6-26-11-16(23)24-5-25-17(11)30;1-8-28-18-12(19(33)29-8)27-6-30(18)20-14-13(32)9(41-20)3-39-46(37,38)44-15-10(4-40-45(35,36)43-14)42-21(22(15,2)34)31-7-26-11-16(23)24-5-25-17(11)31/h5-7,9,12-15,20-21,32-33H,3-4H2,1-2H3,(H,35,36)(H,37,38)(H2,23,24,25)(H,28,29,34);2*5-7,9-10,13-15,20-21,32,34H,3-4H2,1-2H3,(H,35,36)(H,37,38)(H2,23,24,25)(H,28,29,33). The number of nitrogen functional groups attached to an aromatic ring is 3. The summed E-state index contributed by atoms with van der Waals surface area (Å²) in [5.41, 5.74) is 10.2. The highest BCUT2D eigenvalue weighted by molar-refractivity contribution is 7.48. The monoisotopic (exact) mass is 2060 g/mol. The van der Waals surface area contributed by atoms with E-state index in [0.717, 1.165) is 38.0 Å². The number of aryl methyl sites for hydroxylation is 3. The van der Waals surface area contributed by atoms with Gasteiger partial charge in [-0.3, -0.25) is 96.1 Å². The Morgan fingerprint density at radius 2 is 0.703 bits per heavy atom. The van der Waals surface area contributed by atoms with Crippen LogP contribution in [0, 0.1) is 20.8 Å². The molecule has 21 N–H and O–H groups in total. The average molecular weight is 2060 g/mol. The number of H-pyrrole nitrogens is 3. The molecule has 9 aliphatic rings. The second-order valence-corrected chi connectivity index (χ2v) is 41.4. The number of nitrogens with one attached hydrogen (secondary N) is 3.